The zero-order chi connectivity index (χ0) is 29.5. The second-order valence-electron chi connectivity index (χ2n) is 11.8. The molecule has 2 aliphatic rings. The van der Waals surface area contributed by atoms with Crippen molar-refractivity contribution in [2.24, 2.45) is 5.92 Å². The summed E-state index contributed by atoms with van der Waals surface area (Å²) in [6, 6.07) is 8.18. The summed E-state index contributed by atoms with van der Waals surface area (Å²) in [4.78, 5) is 17.8. The van der Waals surface area contributed by atoms with Gasteiger partial charge >= 0.3 is 0 Å². The number of sulfone groups is 1. The number of fused-ring (bicyclic) bond motifs is 1. The lowest BCUT2D eigenvalue weighted by Gasteiger charge is -2.48. The topological polar surface area (TPSA) is 112 Å². The molecule has 0 saturated carbocycles. The maximum Gasteiger partial charge on any atom is 0.227 e. The molecule has 9 nitrogen and oxygen atoms in total. The molecule has 4 atom stereocenters. The first-order chi connectivity index (χ1) is 19.4. The monoisotopic (exact) mass is 584 g/mol. The Hall–Kier alpha value is -3.05. The number of aliphatic hydroxyl groups excluding tert-OH is 1. The SMILES string of the molecule is CC[C@]1(F)CN(c2nccc(Nc3cc4c(C(C)C)ccc(N5C[C@H](CS(=O)(=O)CC)[C@H]5C)c4cn3)n2)CC[C@H]1O. The van der Waals surface area contributed by atoms with E-state index in [9.17, 15) is 13.5 Å². The number of piperidine rings is 1. The molecule has 1 aromatic carbocycles. The van der Waals surface area contributed by atoms with Crippen LogP contribution < -0.4 is 15.1 Å². The fraction of sp³-hybridized carbons (Fsp3) is 0.567. The van der Waals surface area contributed by atoms with Gasteiger partial charge in [-0.2, -0.15) is 4.98 Å². The average Bonchev–Trinajstić information content (AvgIpc) is 2.96. The predicted octanol–water partition coefficient (Wildman–Crippen LogP) is 4.84. The minimum Gasteiger partial charge on any atom is -0.390 e. The lowest BCUT2D eigenvalue weighted by atomic mass is 9.88. The summed E-state index contributed by atoms with van der Waals surface area (Å²) in [5, 5.41) is 15.6. The fourth-order valence-electron chi connectivity index (χ4n) is 5.97. The highest BCUT2D eigenvalue weighted by Crippen LogP contribution is 2.40. The summed E-state index contributed by atoms with van der Waals surface area (Å²) in [6.07, 6.45) is 3.07. The Balaban J connectivity index is 1.40. The van der Waals surface area contributed by atoms with Crippen LogP contribution in [0.4, 0.5) is 27.7 Å². The molecule has 0 bridgehead atoms. The Kier molecular flexibility index (Phi) is 8.13. The molecule has 3 aromatic rings. The maximum absolute atomic E-state index is 15.2. The van der Waals surface area contributed by atoms with Crippen LogP contribution in [0.3, 0.4) is 0 Å². The Labute approximate surface area is 242 Å². The molecule has 0 aliphatic carbocycles. The minimum atomic E-state index is -3.02. The van der Waals surface area contributed by atoms with Gasteiger partial charge in [0, 0.05) is 54.3 Å². The molecule has 2 saturated heterocycles. The minimum absolute atomic E-state index is 0.0447. The molecule has 2 aromatic heterocycles. The van der Waals surface area contributed by atoms with Crippen LogP contribution in [-0.2, 0) is 9.84 Å². The van der Waals surface area contributed by atoms with E-state index >= 15 is 4.39 Å². The predicted molar refractivity (Wildman–Crippen MR) is 163 cm³/mol. The third kappa shape index (κ3) is 5.83. The highest BCUT2D eigenvalue weighted by Gasteiger charge is 2.42. The Morgan fingerprint density at radius 1 is 1.17 bits per heavy atom. The van der Waals surface area contributed by atoms with Crippen molar-refractivity contribution in [3.05, 3.63) is 42.2 Å². The number of benzene rings is 1. The van der Waals surface area contributed by atoms with Crippen molar-refractivity contribution in [2.75, 3.05) is 46.3 Å². The summed E-state index contributed by atoms with van der Waals surface area (Å²) in [7, 11) is -3.02. The number of alkyl halides is 1. The molecule has 11 heteroatoms. The van der Waals surface area contributed by atoms with Crippen LogP contribution in [-0.4, -0.2) is 77.4 Å². The zero-order valence-corrected chi connectivity index (χ0v) is 25.3. The van der Waals surface area contributed by atoms with E-state index in [1.54, 1.807) is 31.0 Å². The van der Waals surface area contributed by atoms with Gasteiger partial charge in [-0.3, -0.25) is 0 Å². The number of hydrogen-bond acceptors (Lipinski definition) is 9. The van der Waals surface area contributed by atoms with Crippen LogP contribution in [0.15, 0.2) is 36.7 Å². The van der Waals surface area contributed by atoms with Gasteiger partial charge in [-0.1, -0.05) is 33.8 Å². The molecule has 0 radical (unpaired) electrons. The summed E-state index contributed by atoms with van der Waals surface area (Å²) >= 11 is 0. The van der Waals surface area contributed by atoms with Crippen LogP contribution in [0.2, 0.25) is 0 Å². The number of halogens is 1. The third-order valence-corrected chi connectivity index (χ3v) is 10.7. The molecule has 2 N–H and O–H groups in total. The van der Waals surface area contributed by atoms with Crippen LogP contribution in [0.1, 0.15) is 58.9 Å². The number of aliphatic hydroxyl groups is 1. The van der Waals surface area contributed by atoms with Crippen molar-refractivity contribution in [3.63, 3.8) is 0 Å². The van der Waals surface area contributed by atoms with Crippen molar-refractivity contribution >= 4 is 43.9 Å². The second kappa shape index (κ2) is 11.3. The summed E-state index contributed by atoms with van der Waals surface area (Å²) < 4.78 is 39.6. The van der Waals surface area contributed by atoms with Crippen molar-refractivity contribution < 1.29 is 17.9 Å². The molecule has 4 heterocycles. The van der Waals surface area contributed by atoms with E-state index in [0.29, 0.717) is 37.1 Å². The van der Waals surface area contributed by atoms with Crippen LogP contribution >= 0.6 is 0 Å². The van der Waals surface area contributed by atoms with Gasteiger partial charge in [0.1, 0.15) is 21.5 Å². The fourth-order valence-corrected chi connectivity index (χ4v) is 7.24. The third-order valence-electron chi connectivity index (χ3n) is 8.85. The lowest BCUT2D eigenvalue weighted by Crippen LogP contribution is -2.57. The average molecular weight is 585 g/mol. The molecule has 0 amide bonds. The van der Waals surface area contributed by atoms with Crippen LogP contribution in [0, 0.1) is 5.92 Å². The van der Waals surface area contributed by atoms with Crippen molar-refractivity contribution in [1.29, 1.82) is 0 Å². The number of nitrogens with zero attached hydrogens (tertiary/aromatic N) is 5. The molecule has 5 rings (SSSR count). The van der Waals surface area contributed by atoms with E-state index < -0.39 is 21.6 Å². The Bertz CT molecular complexity index is 1520. The largest absolute Gasteiger partial charge is 0.390 e. The molecule has 2 aliphatic heterocycles. The van der Waals surface area contributed by atoms with Crippen molar-refractivity contribution in [3.8, 4) is 0 Å². The number of rotatable bonds is 9. The first kappa shape index (κ1) is 29.4. The maximum atomic E-state index is 15.2. The van der Waals surface area contributed by atoms with Gasteiger partial charge in [-0.15, -0.1) is 0 Å². The van der Waals surface area contributed by atoms with E-state index in [2.05, 4.69) is 53.1 Å². The van der Waals surface area contributed by atoms with E-state index in [1.165, 1.54) is 5.56 Å². The molecule has 0 unspecified atom stereocenters. The van der Waals surface area contributed by atoms with Gasteiger partial charge in [-0.05, 0) is 54.8 Å². The quantitative estimate of drug-likeness (QED) is 0.365. The molecular formula is C30H41FN6O3S. The number of aromatic nitrogens is 3. The molecule has 0 spiro atoms. The van der Waals surface area contributed by atoms with Crippen LogP contribution in [0.25, 0.3) is 10.8 Å². The highest BCUT2D eigenvalue weighted by molar-refractivity contribution is 7.91. The molecular weight excluding hydrogens is 543 g/mol. The van der Waals surface area contributed by atoms with Gasteiger partial charge in [0.15, 0.2) is 5.67 Å². The molecule has 41 heavy (non-hydrogen) atoms. The first-order valence-corrected chi connectivity index (χ1v) is 16.4. The van der Waals surface area contributed by atoms with E-state index in [-0.39, 0.29) is 42.3 Å². The van der Waals surface area contributed by atoms with Crippen molar-refractivity contribution in [1.82, 2.24) is 15.0 Å². The van der Waals surface area contributed by atoms with Gasteiger partial charge in [0.2, 0.25) is 5.95 Å². The number of pyridine rings is 1. The zero-order valence-electron chi connectivity index (χ0n) is 24.5. The van der Waals surface area contributed by atoms with Crippen molar-refractivity contribution in [2.45, 2.75) is 71.2 Å². The van der Waals surface area contributed by atoms with Crippen LogP contribution in [0.5, 0.6) is 0 Å². The summed E-state index contributed by atoms with van der Waals surface area (Å²) in [5.74, 6) is 2.39. The highest BCUT2D eigenvalue weighted by atomic mass is 32.2. The van der Waals surface area contributed by atoms with Gasteiger partial charge in [-0.25, -0.2) is 22.8 Å². The summed E-state index contributed by atoms with van der Waals surface area (Å²) in [6.45, 7) is 11.1. The van der Waals surface area contributed by atoms with E-state index in [0.717, 1.165) is 16.5 Å². The van der Waals surface area contributed by atoms with Gasteiger partial charge in [0.25, 0.3) is 0 Å². The number of anilines is 4. The lowest BCUT2D eigenvalue weighted by molar-refractivity contribution is -0.0238. The molecule has 2 fully saturated rings. The first-order valence-electron chi connectivity index (χ1n) is 14.6. The number of nitrogens with one attached hydrogen (secondary N) is 1. The Morgan fingerprint density at radius 2 is 1.95 bits per heavy atom. The number of hydrogen-bond donors (Lipinski definition) is 2. The smallest absolute Gasteiger partial charge is 0.227 e. The normalized spacial score (nSPS) is 25.0. The van der Waals surface area contributed by atoms with E-state index in [4.69, 9.17) is 4.98 Å². The standard InChI is InChI=1S/C30H41FN6O3S/c1-6-30(31)18-36(13-11-26(30)38)29-32-12-10-27(35-29)34-28-14-23-22(19(3)4)8-9-25(24(23)15-33-28)37-16-21(20(37)5)17-41(39,40)7-2/h8-10,12,14-15,19-21,26,38H,6-7,11,13,16-18H2,1-5H3,(H,32,33,34,35)/t20-,21-,26-,30+/m1/s1. The second-order valence-corrected chi connectivity index (χ2v) is 14.2. The van der Waals surface area contributed by atoms with E-state index in [1.807, 2.05) is 12.3 Å². The Morgan fingerprint density at radius 3 is 2.63 bits per heavy atom. The van der Waals surface area contributed by atoms with Gasteiger partial charge < -0.3 is 20.2 Å². The molecule has 222 valence electrons. The van der Waals surface area contributed by atoms with Gasteiger partial charge in [0.05, 0.1) is 18.4 Å². The summed E-state index contributed by atoms with van der Waals surface area (Å²) in [5.41, 5.74) is 0.568.